The summed E-state index contributed by atoms with van der Waals surface area (Å²) in [5.74, 6) is 4.05. The van der Waals surface area contributed by atoms with Gasteiger partial charge in [-0.15, -0.1) is 0 Å². The molecule has 6 rings (SSSR count). The highest BCUT2D eigenvalue weighted by molar-refractivity contribution is 7.80. The minimum Gasteiger partial charge on any atom is -0.459 e. The van der Waals surface area contributed by atoms with Crippen LogP contribution in [0.3, 0.4) is 0 Å². The summed E-state index contributed by atoms with van der Waals surface area (Å²) in [4.78, 5) is 17.0. The number of rotatable bonds is 7. The van der Waals surface area contributed by atoms with Gasteiger partial charge in [-0.25, -0.2) is 0 Å². The number of thiocarbonyl (C=S) groups is 1. The third-order valence-electron chi connectivity index (χ3n) is 7.89. The molecule has 4 heterocycles. The Morgan fingerprint density at radius 1 is 0.854 bits per heavy atom. The summed E-state index contributed by atoms with van der Waals surface area (Å²) < 4.78 is 6.02. The Morgan fingerprint density at radius 2 is 1.56 bits per heavy atom. The minimum atomic E-state index is 0.442. The van der Waals surface area contributed by atoms with E-state index in [2.05, 4.69) is 68.7 Å². The second kappa shape index (κ2) is 12.6. The van der Waals surface area contributed by atoms with Gasteiger partial charge in [-0.05, 0) is 62.7 Å². The molecule has 0 amide bonds. The van der Waals surface area contributed by atoms with E-state index in [9.17, 15) is 0 Å². The number of para-hydroxylation sites is 1. The largest absolute Gasteiger partial charge is 0.459 e. The Labute approximate surface area is 247 Å². The quantitative estimate of drug-likeness (QED) is 0.265. The number of piperidine rings is 1. The molecule has 2 N–H and O–H groups in total. The number of benzene rings is 2. The Morgan fingerprint density at radius 3 is 2.32 bits per heavy atom. The predicted octanol–water partition coefficient (Wildman–Crippen LogP) is 5.93. The summed E-state index contributed by atoms with van der Waals surface area (Å²) in [5.41, 5.74) is 2.32. The van der Waals surface area contributed by atoms with Crippen molar-refractivity contribution in [1.82, 2.24) is 15.3 Å². The lowest BCUT2D eigenvalue weighted by Crippen LogP contribution is -2.47. The number of hydrogen-bond donors (Lipinski definition) is 2. The third-order valence-corrected chi connectivity index (χ3v) is 8.14. The molecule has 4 aromatic rings. The molecule has 0 saturated carbocycles. The van der Waals surface area contributed by atoms with E-state index in [1.54, 1.807) is 0 Å². The predicted molar refractivity (Wildman–Crippen MR) is 171 cm³/mol. The fourth-order valence-corrected chi connectivity index (χ4v) is 5.77. The Hall–Kier alpha value is -4.11. The Balaban J connectivity index is 1.14. The lowest BCUT2D eigenvalue weighted by Gasteiger charge is -2.38. The Kier molecular flexibility index (Phi) is 8.32. The van der Waals surface area contributed by atoms with Crippen LogP contribution in [0.5, 0.6) is 0 Å². The zero-order valence-electron chi connectivity index (χ0n) is 23.5. The maximum atomic E-state index is 6.02. The molecule has 41 heavy (non-hydrogen) atoms. The third kappa shape index (κ3) is 6.62. The van der Waals surface area contributed by atoms with Crippen LogP contribution in [0.1, 0.15) is 31.9 Å². The fraction of sp³-hybridized carbons (Fsp3) is 0.344. The highest BCUT2D eigenvalue weighted by Gasteiger charge is 2.24. The fourth-order valence-electron chi connectivity index (χ4n) is 5.60. The number of nitrogens with zero attached hydrogens (tertiary/aromatic N) is 5. The molecule has 9 heteroatoms. The smallest absolute Gasteiger partial charge is 0.232 e. The molecular weight excluding hydrogens is 530 g/mol. The number of furan rings is 1. The van der Waals surface area contributed by atoms with Gasteiger partial charge in [-0.1, -0.05) is 48.5 Å². The molecule has 0 spiro atoms. The molecule has 2 saturated heterocycles. The summed E-state index contributed by atoms with van der Waals surface area (Å²) in [7, 11) is 0. The topological polar surface area (TPSA) is 72.7 Å². The van der Waals surface area contributed by atoms with Crippen molar-refractivity contribution in [2.24, 2.45) is 0 Å². The van der Waals surface area contributed by atoms with Gasteiger partial charge >= 0.3 is 0 Å². The SMILES string of the molecule is C[C@@H]1CCCCN1c1cc(N2CCN(c3ccccc3)CC2)nc(NC(=S)NCc2ccc(-c3ccccc3)o2)n1. The lowest BCUT2D eigenvalue weighted by molar-refractivity contribution is 0.481. The molecule has 8 nitrogen and oxygen atoms in total. The van der Waals surface area contributed by atoms with E-state index in [1.165, 1.54) is 24.9 Å². The van der Waals surface area contributed by atoms with Crippen LogP contribution >= 0.6 is 12.2 Å². The average molecular weight is 568 g/mol. The van der Waals surface area contributed by atoms with Crippen molar-refractivity contribution < 1.29 is 4.42 Å². The van der Waals surface area contributed by atoms with Crippen molar-refractivity contribution >= 4 is 40.6 Å². The lowest BCUT2D eigenvalue weighted by atomic mass is 10.0. The van der Waals surface area contributed by atoms with Gasteiger partial charge in [0.05, 0.1) is 6.54 Å². The first-order chi connectivity index (χ1) is 20.1. The van der Waals surface area contributed by atoms with E-state index in [0.29, 0.717) is 23.6 Å². The summed E-state index contributed by atoms with van der Waals surface area (Å²) in [6.07, 6.45) is 3.61. The van der Waals surface area contributed by atoms with Gasteiger partial charge in [0.25, 0.3) is 0 Å². The zero-order chi connectivity index (χ0) is 28.0. The van der Waals surface area contributed by atoms with Crippen molar-refractivity contribution in [2.75, 3.05) is 52.7 Å². The Bertz CT molecular complexity index is 1440. The average Bonchev–Trinajstić information content (AvgIpc) is 3.50. The van der Waals surface area contributed by atoms with Crippen LogP contribution in [-0.2, 0) is 6.54 Å². The molecule has 1 atom stereocenters. The van der Waals surface area contributed by atoms with Crippen LogP contribution in [0.2, 0.25) is 0 Å². The van der Waals surface area contributed by atoms with Gasteiger partial charge < -0.3 is 29.8 Å². The molecule has 2 aromatic heterocycles. The molecule has 212 valence electrons. The maximum Gasteiger partial charge on any atom is 0.232 e. The van der Waals surface area contributed by atoms with E-state index < -0.39 is 0 Å². The second-order valence-electron chi connectivity index (χ2n) is 10.7. The molecular formula is C32H37N7OS. The van der Waals surface area contributed by atoms with Crippen molar-refractivity contribution in [2.45, 2.75) is 38.8 Å². The highest BCUT2D eigenvalue weighted by atomic mass is 32.1. The van der Waals surface area contributed by atoms with Crippen LogP contribution < -0.4 is 25.3 Å². The number of piperazine rings is 1. The first-order valence-corrected chi connectivity index (χ1v) is 14.9. The highest BCUT2D eigenvalue weighted by Crippen LogP contribution is 2.28. The summed E-state index contributed by atoms with van der Waals surface area (Å²) in [6, 6.07) is 27.2. The van der Waals surface area contributed by atoms with Crippen LogP contribution in [0.15, 0.2) is 83.3 Å². The molecule has 0 aliphatic carbocycles. The number of hydrogen-bond acceptors (Lipinski definition) is 7. The zero-order valence-corrected chi connectivity index (χ0v) is 24.3. The van der Waals surface area contributed by atoms with Crippen LogP contribution in [0, 0.1) is 0 Å². The number of nitrogens with one attached hydrogen (secondary N) is 2. The van der Waals surface area contributed by atoms with Gasteiger partial charge in [0.1, 0.15) is 23.2 Å². The molecule has 2 aliphatic rings. The van der Waals surface area contributed by atoms with E-state index in [0.717, 1.165) is 61.4 Å². The van der Waals surface area contributed by atoms with Gasteiger partial charge in [-0.2, -0.15) is 9.97 Å². The molecule has 2 fully saturated rings. The molecule has 2 aromatic carbocycles. The first-order valence-electron chi connectivity index (χ1n) is 14.5. The summed E-state index contributed by atoms with van der Waals surface area (Å²) in [6.45, 7) is 7.43. The van der Waals surface area contributed by atoms with Crippen LogP contribution in [0.4, 0.5) is 23.3 Å². The molecule has 0 bridgehead atoms. The normalized spacial score (nSPS) is 17.4. The van der Waals surface area contributed by atoms with E-state index in [-0.39, 0.29) is 0 Å². The van der Waals surface area contributed by atoms with Gasteiger partial charge in [0.15, 0.2) is 5.11 Å². The van der Waals surface area contributed by atoms with Crippen molar-refractivity contribution in [1.29, 1.82) is 0 Å². The van der Waals surface area contributed by atoms with Crippen molar-refractivity contribution in [3.05, 3.63) is 84.6 Å². The van der Waals surface area contributed by atoms with Gasteiger partial charge in [0.2, 0.25) is 5.95 Å². The summed E-state index contributed by atoms with van der Waals surface area (Å²) >= 11 is 5.65. The molecule has 2 aliphatic heterocycles. The van der Waals surface area contributed by atoms with Crippen molar-refractivity contribution in [3.63, 3.8) is 0 Å². The van der Waals surface area contributed by atoms with E-state index >= 15 is 0 Å². The van der Waals surface area contributed by atoms with Crippen LogP contribution in [-0.4, -0.2) is 53.8 Å². The minimum absolute atomic E-state index is 0.442. The first kappa shape index (κ1) is 27.1. The monoisotopic (exact) mass is 567 g/mol. The van der Waals surface area contributed by atoms with E-state index in [4.69, 9.17) is 26.6 Å². The molecule has 0 radical (unpaired) electrons. The maximum absolute atomic E-state index is 6.02. The molecule has 0 unspecified atom stereocenters. The van der Waals surface area contributed by atoms with Crippen molar-refractivity contribution in [3.8, 4) is 11.3 Å². The van der Waals surface area contributed by atoms with Gasteiger partial charge in [-0.3, -0.25) is 0 Å². The standard InChI is InChI=1S/C32H37N7OS/c1-24-10-8-9-17-39(24)30-22-29(38-20-18-37(19-21-38)26-13-6-3-7-14-26)34-31(35-30)36-32(41)33-23-27-15-16-28(40-27)25-11-4-2-5-12-25/h2-7,11-16,22,24H,8-10,17-21,23H2,1H3,(H2,33,34,35,36,41)/t24-/m1/s1. The van der Waals surface area contributed by atoms with Gasteiger partial charge in [0, 0.05) is 56.1 Å². The summed E-state index contributed by atoms with van der Waals surface area (Å²) in [5, 5.41) is 6.97. The van der Waals surface area contributed by atoms with E-state index in [1.807, 2.05) is 42.5 Å². The number of aromatic nitrogens is 2. The number of anilines is 4. The second-order valence-corrected chi connectivity index (χ2v) is 11.1. The van der Waals surface area contributed by atoms with Crippen LogP contribution in [0.25, 0.3) is 11.3 Å².